The molecule has 0 bridgehead atoms. The molecule has 107 heavy (non-hydrogen) atoms. The number of aliphatic hydroxyl groups is 2. The predicted molar refractivity (Wildman–Crippen MR) is 405 cm³/mol. The summed E-state index contributed by atoms with van der Waals surface area (Å²) < 4.78 is 23.0. The summed E-state index contributed by atoms with van der Waals surface area (Å²) in [4.78, 5) is 144. The molecule has 0 radical (unpaired) electrons. The number of Topliss-reactive ketones (excluding diaryl/α,β-unsaturated/α-hetero) is 3. The van der Waals surface area contributed by atoms with Gasteiger partial charge >= 0.3 is 18.2 Å². The number of ketones is 3. The van der Waals surface area contributed by atoms with Crippen LogP contribution in [0.5, 0.6) is 11.8 Å². The van der Waals surface area contributed by atoms with Crippen LogP contribution in [0.2, 0.25) is 10.0 Å². The number of pyridine rings is 2. The maximum atomic E-state index is 14.8. The van der Waals surface area contributed by atoms with Gasteiger partial charge in [0, 0.05) is 80.6 Å². The monoisotopic (exact) mass is 1540 g/mol. The van der Waals surface area contributed by atoms with Gasteiger partial charge < -0.3 is 71.1 Å². The Labute approximate surface area is 642 Å². The van der Waals surface area contributed by atoms with Gasteiger partial charge in [-0.3, -0.25) is 33.6 Å². The second-order valence-corrected chi connectivity index (χ2v) is 35.2. The van der Waals surface area contributed by atoms with Gasteiger partial charge in [-0.1, -0.05) is 130 Å². The second kappa shape index (κ2) is 40.3. The highest BCUT2D eigenvalue weighted by atomic mass is 35.5. The van der Waals surface area contributed by atoms with Crippen LogP contribution in [-0.2, 0) is 47.8 Å². The van der Waals surface area contributed by atoms with E-state index < -0.39 is 130 Å². The van der Waals surface area contributed by atoms with Crippen LogP contribution in [-0.4, -0.2) is 185 Å². The first-order chi connectivity index (χ1) is 50.0. The third kappa shape index (κ3) is 29.2. The summed E-state index contributed by atoms with van der Waals surface area (Å²) in [7, 11) is 0. The molecule has 600 valence electrons. The molecule has 8 rings (SSSR count). The van der Waals surface area contributed by atoms with Gasteiger partial charge in [0.05, 0.1) is 41.3 Å². The van der Waals surface area contributed by atoms with Crippen LogP contribution in [0.15, 0.2) is 36.7 Å². The van der Waals surface area contributed by atoms with Crippen LogP contribution in [0.4, 0.5) is 9.59 Å². The summed E-state index contributed by atoms with van der Waals surface area (Å²) >= 11 is 11.9. The largest absolute Gasteiger partial charge is 0.480 e. The molecule has 4 heterocycles. The van der Waals surface area contributed by atoms with E-state index in [4.69, 9.17) is 47.9 Å². The predicted octanol–water partition coefficient (Wildman–Crippen LogP) is 11.2. The number of carboxylic acid groups (broad SMARTS) is 1. The Morgan fingerprint density at radius 2 is 0.981 bits per heavy atom. The Balaban J connectivity index is 0.000000292. The summed E-state index contributed by atoms with van der Waals surface area (Å²) in [5.41, 5.74) is 2.80. The van der Waals surface area contributed by atoms with Gasteiger partial charge in [0.2, 0.25) is 29.5 Å². The number of likely N-dealkylation sites (tertiary alicyclic amines) is 2. The lowest BCUT2D eigenvalue weighted by Gasteiger charge is -2.37. The first-order valence-electron chi connectivity index (χ1n) is 38.8. The fourth-order valence-corrected chi connectivity index (χ4v) is 14.5. The molecule has 6 amide bonds. The van der Waals surface area contributed by atoms with Crippen molar-refractivity contribution < 1.29 is 82.2 Å². The van der Waals surface area contributed by atoms with E-state index in [9.17, 15) is 63.3 Å². The van der Waals surface area contributed by atoms with Crippen LogP contribution >= 0.6 is 23.2 Å². The number of nitrogens with two attached hydrogens (primary N) is 1. The average molecular weight is 1540 g/mol. The number of alkyl carbamates (subject to hydrolysis) is 2. The Morgan fingerprint density at radius 1 is 0.561 bits per heavy atom. The highest BCUT2D eigenvalue weighted by Crippen LogP contribution is 2.40. The van der Waals surface area contributed by atoms with Gasteiger partial charge in [-0.2, -0.15) is 0 Å². The van der Waals surface area contributed by atoms with Crippen molar-refractivity contribution in [3.63, 3.8) is 0 Å². The van der Waals surface area contributed by atoms with Crippen molar-refractivity contribution >= 4 is 82.3 Å². The van der Waals surface area contributed by atoms with E-state index >= 15 is 0 Å². The van der Waals surface area contributed by atoms with Crippen molar-refractivity contribution in [3.05, 3.63) is 46.7 Å². The van der Waals surface area contributed by atoms with Crippen molar-refractivity contribution in [2.45, 2.75) is 323 Å². The fraction of sp³-hybridized carbons (Fsp3) is 0.747. The second-order valence-electron chi connectivity index (χ2n) is 34.3. The SMILES string of the molecule is CC(C)(C)OC(=O)N[C@H](C(=O)C[C@H](C(=O)N1C[C@H](Oc2ccc(Cl)cn2)C[C@H]1C(=O)O)C(C)(C)C)C1CCCCC1.CCC[C@H](N)C(O)C(=O)CC1CC1.CCC[C@H](NC(=O)[C@@H]1C[C@@H](Oc2ccc(Cl)cn2)CN1C(=O)[C@@H](CC(=O)[C@@H](NC(=O)OC(C)(C)C)C1CCCCC1)C(C)(C)C)C(O)C(=O)NC1CC1. The highest BCUT2D eigenvalue weighted by molar-refractivity contribution is 6.30. The van der Waals surface area contributed by atoms with Gasteiger partial charge in [0.25, 0.3) is 5.91 Å². The number of halogens is 2. The number of nitrogens with zero attached hydrogens (tertiary/aromatic N) is 4. The van der Waals surface area contributed by atoms with Gasteiger partial charge in [-0.25, -0.2) is 24.4 Å². The summed E-state index contributed by atoms with van der Waals surface area (Å²) in [6, 6.07) is 1.49. The standard InChI is InChI=1S/C39H60ClN5O8.C30H44ClN3O7.C10H19NO2/c1-8-12-28(33(47)35(49)42-25-16-17-25)43-34(48)29-19-26(52-31-18-15-24(40)21-41-31)22-45(29)36(50)27(38(2,3)4)20-30(46)32(23-13-10-9-11-14-23)44-37(51)53-39(5,6)7;1-29(2,3)21(15-23(35)25(18-10-8-7-9-11-18)33-28(39)41-30(4,5)6)26(36)34-17-20(14-22(34)27(37)38)40-24-13-12-19(31)16-32-24;1-2-3-8(11)10(13)9(12)6-7-4-5-7/h15,18,21,23,25-29,32-33,47H,8-14,16-17,19-20,22H2,1-7H3,(H,42,49)(H,43,48)(H,44,51);12-13,16,18,20-22,25H,7-11,14-15,17H2,1-6H3,(H,33,39)(H,37,38);7-8,10,13H,2-6,11H2,1H3/t26-,27-,28+,29+,32+,33?;20-,21-,22+,25+;8-,10?/m110/s1. The molecule has 2 aromatic heterocycles. The minimum Gasteiger partial charge on any atom is -0.480 e. The Bertz CT molecular complexity index is 3280. The molecule has 12 atom stereocenters. The summed E-state index contributed by atoms with van der Waals surface area (Å²) in [5, 5.41) is 42.6. The van der Waals surface area contributed by atoms with Gasteiger partial charge in [0.1, 0.15) is 41.6 Å². The molecule has 0 aromatic carbocycles. The molecule has 2 aromatic rings. The number of hydrogen-bond donors (Lipinski definition) is 8. The number of amides is 6. The van der Waals surface area contributed by atoms with Crippen LogP contribution in [0.1, 0.15) is 245 Å². The number of aliphatic carboxylic acids is 1. The van der Waals surface area contributed by atoms with Crippen molar-refractivity contribution in [2.24, 2.45) is 46.2 Å². The molecule has 28 heteroatoms. The number of aliphatic hydroxyl groups excluding tert-OH is 2. The van der Waals surface area contributed by atoms with Gasteiger partial charge in [-0.15, -0.1) is 0 Å². The van der Waals surface area contributed by atoms with E-state index in [2.05, 4.69) is 31.2 Å². The van der Waals surface area contributed by atoms with Gasteiger partial charge in [-0.05, 0) is 146 Å². The number of rotatable bonds is 30. The normalized spacial score (nSPS) is 21.7. The topological polar surface area (TPSA) is 375 Å². The number of carboxylic acids is 1. The highest BCUT2D eigenvalue weighted by Gasteiger charge is 2.50. The molecule has 2 aliphatic heterocycles. The fourth-order valence-electron chi connectivity index (χ4n) is 14.3. The van der Waals surface area contributed by atoms with Crippen LogP contribution in [0, 0.1) is 40.4 Å². The first kappa shape index (κ1) is 89.2. The number of carbonyl (C=O) groups excluding carboxylic acids is 9. The van der Waals surface area contributed by atoms with Crippen molar-refractivity contribution in [1.29, 1.82) is 0 Å². The van der Waals surface area contributed by atoms with E-state index in [1.807, 2.05) is 55.4 Å². The van der Waals surface area contributed by atoms with Crippen molar-refractivity contribution in [1.82, 2.24) is 41.0 Å². The molecule has 0 spiro atoms. The maximum Gasteiger partial charge on any atom is 0.408 e. The minimum absolute atomic E-state index is 0.0338. The Morgan fingerprint density at radius 3 is 1.35 bits per heavy atom. The molecular weight excluding hydrogens is 1420 g/mol. The number of carbonyl (C=O) groups is 10. The lowest BCUT2D eigenvalue weighted by molar-refractivity contribution is -0.152. The number of aromatic nitrogens is 2. The molecule has 2 saturated heterocycles. The lowest BCUT2D eigenvalue weighted by atomic mass is 9.74. The van der Waals surface area contributed by atoms with Crippen LogP contribution < -0.4 is 36.5 Å². The third-order valence-corrected chi connectivity index (χ3v) is 20.9. The Hall–Kier alpha value is -6.74. The number of ether oxygens (including phenoxy) is 4. The first-order valence-corrected chi connectivity index (χ1v) is 39.5. The molecular formula is C79H123Cl2N9O17. The maximum absolute atomic E-state index is 14.8. The summed E-state index contributed by atoms with van der Waals surface area (Å²) in [6.07, 6.45) is 14.0. The molecule has 4 aliphatic carbocycles. The number of nitrogens with one attached hydrogen (secondary N) is 4. The molecule has 6 aliphatic rings. The zero-order valence-electron chi connectivity index (χ0n) is 65.6. The number of hydrogen-bond acceptors (Lipinski definition) is 19. The zero-order valence-corrected chi connectivity index (χ0v) is 67.1. The van der Waals surface area contributed by atoms with E-state index in [1.54, 1.807) is 65.8 Å². The van der Waals surface area contributed by atoms with E-state index in [0.29, 0.717) is 35.2 Å². The lowest BCUT2D eigenvalue weighted by Crippen LogP contribution is -2.56. The van der Waals surface area contributed by atoms with E-state index in [0.717, 1.165) is 103 Å². The average Bonchev–Trinajstić information content (AvgIpc) is 1.70. The quantitative estimate of drug-likeness (QED) is 0.0360. The molecule has 9 N–H and O–H groups in total. The van der Waals surface area contributed by atoms with Gasteiger partial charge in [0.15, 0.2) is 23.5 Å². The van der Waals surface area contributed by atoms with Crippen molar-refractivity contribution in [3.8, 4) is 11.8 Å². The molecule has 6 fully saturated rings. The minimum atomic E-state index is -1.47. The summed E-state index contributed by atoms with van der Waals surface area (Å²) in [6.45, 7) is 25.7. The zero-order chi connectivity index (χ0) is 79.5. The smallest absolute Gasteiger partial charge is 0.408 e. The van der Waals surface area contributed by atoms with Crippen molar-refractivity contribution in [2.75, 3.05) is 13.1 Å². The third-order valence-electron chi connectivity index (χ3n) is 20.5. The molecule has 26 nitrogen and oxygen atoms in total. The summed E-state index contributed by atoms with van der Waals surface area (Å²) in [5.74, 6) is -4.33. The molecule has 4 saturated carbocycles. The molecule has 2 unspecified atom stereocenters. The van der Waals surface area contributed by atoms with Crippen LogP contribution in [0.3, 0.4) is 0 Å². The van der Waals surface area contributed by atoms with E-state index in [1.165, 1.54) is 22.2 Å². The van der Waals surface area contributed by atoms with E-state index in [-0.39, 0.29) is 91.8 Å². The van der Waals surface area contributed by atoms with Crippen LogP contribution in [0.25, 0.3) is 0 Å². The Kier molecular flexibility index (Phi) is 33.6.